The van der Waals surface area contributed by atoms with Crippen LogP contribution in [-0.2, 0) is 9.59 Å². The molecular formula is C17H14N2O3S. The molecule has 1 saturated heterocycles. The maximum atomic E-state index is 12.8. The Hall–Kier alpha value is -2.73. The van der Waals surface area contributed by atoms with Gasteiger partial charge in [0.2, 0.25) is 0 Å². The molecule has 1 N–H and O–H groups in total. The van der Waals surface area contributed by atoms with Crippen molar-refractivity contribution in [1.82, 2.24) is 5.32 Å². The quantitative estimate of drug-likeness (QED) is 0.524. The first-order chi connectivity index (χ1) is 11.0. The average molecular weight is 326 g/mol. The molecule has 0 saturated carbocycles. The number of nitrogens with zero attached hydrogens (tertiary/aromatic N) is 1. The van der Waals surface area contributed by atoms with Crippen LogP contribution in [-0.4, -0.2) is 16.9 Å². The molecule has 0 spiro atoms. The van der Waals surface area contributed by atoms with Gasteiger partial charge in [0.1, 0.15) is 11.3 Å². The predicted octanol–water partition coefficient (Wildman–Crippen LogP) is 2.73. The van der Waals surface area contributed by atoms with Crippen molar-refractivity contribution >= 4 is 40.9 Å². The van der Waals surface area contributed by atoms with Crippen LogP contribution in [0.25, 0.3) is 6.08 Å². The number of thiocarbonyl (C=S) groups is 1. The van der Waals surface area contributed by atoms with Gasteiger partial charge >= 0.3 is 0 Å². The van der Waals surface area contributed by atoms with E-state index in [2.05, 4.69) is 5.32 Å². The number of hydrogen-bond donors (Lipinski definition) is 1. The summed E-state index contributed by atoms with van der Waals surface area (Å²) in [5.74, 6) is -0.570. The summed E-state index contributed by atoms with van der Waals surface area (Å²) in [6.45, 7) is 3.82. The monoisotopic (exact) mass is 326 g/mol. The first-order valence-electron chi connectivity index (χ1n) is 6.99. The number of hydrogen-bond acceptors (Lipinski definition) is 4. The molecule has 1 aromatic carbocycles. The Labute approximate surface area is 138 Å². The summed E-state index contributed by atoms with van der Waals surface area (Å²) >= 11 is 5.19. The summed E-state index contributed by atoms with van der Waals surface area (Å²) in [4.78, 5) is 26.3. The minimum absolute atomic E-state index is 0.0190. The van der Waals surface area contributed by atoms with Crippen LogP contribution in [0.2, 0.25) is 0 Å². The van der Waals surface area contributed by atoms with Crippen LogP contribution in [0.5, 0.6) is 0 Å². The number of benzene rings is 1. The third-order valence-electron chi connectivity index (χ3n) is 3.54. The molecule has 1 aromatic heterocycles. The van der Waals surface area contributed by atoms with Crippen molar-refractivity contribution in [2.24, 2.45) is 0 Å². The summed E-state index contributed by atoms with van der Waals surface area (Å²) in [6.07, 6.45) is 2.89. The van der Waals surface area contributed by atoms with Crippen LogP contribution in [0.15, 0.2) is 46.6 Å². The highest BCUT2D eigenvalue weighted by Crippen LogP contribution is 2.26. The molecule has 2 aromatic rings. The highest BCUT2D eigenvalue weighted by Gasteiger charge is 2.35. The third kappa shape index (κ3) is 2.80. The summed E-state index contributed by atoms with van der Waals surface area (Å²) in [6, 6.07) is 9.08. The molecule has 1 aliphatic rings. The van der Waals surface area contributed by atoms with Crippen molar-refractivity contribution in [3.05, 3.63) is 59.1 Å². The van der Waals surface area contributed by atoms with Crippen LogP contribution in [0.1, 0.15) is 16.9 Å². The van der Waals surface area contributed by atoms with Gasteiger partial charge in [0.15, 0.2) is 5.11 Å². The van der Waals surface area contributed by atoms with E-state index in [0.717, 1.165) is 11.1 Å². The summed E-state index contributed by atoms with van der Waals surface area (Å²) in [5.41, 5.74) is 2.52. The van der Waals surface area contributed by atoms with Crippen LogP contribution < -0.4 is 10.2 Å². The van der Waals surface area contributed by atoms with Crippen molar-refractivity contribution in [1.29, 1.82) is 0 Å². The first-order valence-corrected chi connectivity index (χ1v) is 7.40. The van der Waals surface area contributed by atoms with Gasteiger partial charge in [0, 0.05) is 0 Å². The number of rotatable bonds is 2. The van der Waals surface area contributed by atoms with Crippen molar-refractivity contribution in [3.63, 3.8) is 0 Å². The zero-order valence-corrected chi connectivity index (χ0v) is 13.4. The van der Waals surface area contributed by atoms with Crippen molar-refractivity contribution < 1.29 is 14.0 Å². The fourth-order valence-corrected chi connectivity index (χ4v) is 2.63. The lowest BCUT2D eigenvalue weighted by atomic mass is 10.1. The second kappa shape index (κ2) is 5.81. The third-order valence-corrected chi connectivity index (χ3v) is 3.82. The number of aryl methyl sites for hydroxylation is 2. The van der Waals surface area contributed by atoms with Crippen molar-refractivity contribution in [2.45, 2.75) is 13.8 Å². The number of carbonyl (C=O) groups is 2. The molecule has 0 atom stereocenters. The molecule has 23 heavy (non-hydrogen) atoms. The first kappa shape index (κ1) is 15.2. The van der Waals surface area contributed by atoms with Gasteiger partial charge in [-0.05, 0) is 61.5 Å². The van der Waals surface area contributed by atoms with E-state index in [-0.39, 0.29) is 10.7 Å². The molecule has 116 valence electrons. The van der Waals surface area contributed by atoms with E-state index >= 15 is 0 Å². The minimum atomic E-state index is -0.530. The van der Waals surface area contributed by atoms with Crippen LogP contribution in [0, 0.1) is 13.8 Å². The standard InChI is InChI=1S/C17H14N2O3S/c1-10-5-6-11(2)14(8-10)19-16(21)13(15(20)18-17(19)23)9-12-4-3-7-22-12/h3-9H,1-2H3,(H,18,20,23)/b13-9+. The molecule has 5 nitrogen and oxygen atoms in total. The molecule has 2 heterocycles. The largest absolute Gasteiger partial charge is 0.465 e. The van der Waals surface area contributed by atoms with E-state index in [0.29, 0.717) is 11.4 Å². The fourth-order valence-electron chi connectivity index (χ4n) is 2.35. The zero-order chi connectivity index (χ0) is 16.6. The topological polar surface area (TPSA) is 62.6 Å². The lowest BCUT2D eigenvalue weighted by Gasteiger charge is -2.30. The summed E-state index contributed by atoms with van der Waals surface area (Å²) in [5, 5.41) is 2.63. The smallest absolute Gasteiger partial charge is 0.270 e. The number of amides is 2. The molecule has 1 fully saturated rings. The Balaban J connectivity index is 2.07. The van der Waals surface area contributed by atoms with Gasteiger partial charge < -0.3 is 4.42 Å². The highest BCUT2D eigenvalue weighted by molar-refractivity contribution is 7.80. The lowest BCUT2D eigenvalue weighted by Crippen LogP contribution is -2.54. The molecule has 0 unspecified atom stereocenters. The van der Waals surface area contributed by atoms with Gasteiger partial charge in [-0.3, -0.25) is 19.8 Å². The summed E-state index contributed by atoms with van der Waals surface area (Å²) < 4.78 is 5.18. The fraction of sp³-hybridized carbons (Fsp3) is 0.118. The predicted molar refractivity (Wildman–Crippen MR) is 90.8 cm³/mol. The van der Waals surface area contributed by atoms with E-state index in [4.69, 9.17) is 16.6 Å². The van der Waals surface area contributed by atoms with Gasteiger partial charge in [0.05, 0.1) is 12.0 Å². The van der Waals surface area contributed by atoms with Crippen LogP contribution >= 0.6 is 12.2 Å². The maximum absolute atomic E-state index is 12.8. The minimum Gasteiger partial charge on any atom is -0.465 e. The zero-order valence-electron chi connectivity index (χ0n) is 12.6. The molecule has 0 bridgehead atoms. The van der Waals surface area contributed by atoms with Gasteiger partial charge in [0.25, 0.3) is 11.8 Å². The molecule has 0 radical (unpaired) electrons. The van der Waals surface area contributed by atoms with Gasteiger partial charge in [-0.1, -0.05) is 12.1 Å². The Bertz CT molecular complexity index is 838. The molecule has 3 rings (SSSR count). The van der Waals surface area contributed by atoms with Crippen LogP contribution in [0.4, 0.5) is 5.69 Å². The molecular weight excluding hydrogens is 312 g/mol. The van der Waals surface area contributed by atoms with Crippen molar-refractivity contribution in [2.75, 3.05) is 4.90 Å². The van der Waals surface area contributed by atoms with E-state index in [1.54, 1.807) is 12.1 Å². The Morgan fingerprint density at radius 1 is 1.22 bits per heavy atom. The molecule has 0 aliphatic carbocycles. The van der Waals surface area contributed by atoms with Crippen LogP contribution in [0.3, 0.4) is 0 Å². The van der Waals surface area contributed by atoms with Gasteiger partial charge in [-0.15, -0.1) is 0 Å². The van der Waals surface area contributed by atoms with E-state index in [1.165, 1.54) is 17.2 Å². The Morgan fingerprint density at radius 3 is 2.70 bits per heavy atom. The van der Waals surface area contributed by atoms with E-state index in [9.17, 15) is 9.59 Å². The lowest BCUT2D eigenvalue weighted by molar-refractivity contribution is -0.122. The molecule has 2 amide bonds. The average Bonchev–Trinajstić information content (AvgIpc) is 3.00. The van der Waals surface area contributed by atoms with Gasteiger partial charge in [-0.25, -0.2) is 0 Å². The van der Waals surface area contributed by atoms with Gasteiger partial charge in [-0.2, -0.15) is 0 Å². The summed E-state index contributed by atoms with van der Waals surface area (Å²) in [7, 11) is 0. The van der Waals surface area contributed by atoms with E-state index < -0.39 is 11.8 Å². The SMILES string of the molecule is Cc1ccc(C)c(N2C(=O)/C(=C/c3ccco3)C(=O)NC2=S)c1. The number of anilines is 1. The molecule has 6 heteroatoms. The second-order valence-electron chi connectivity index (χ2n) is 5.26. The number of furan rings is 1. The number of carbonyl (C=O) groups excluding carboxylic acids is 2. The highest BCUT2D eigenvalue weighted by atomic mass is 32.1. The van der Waals surface area contributed by atoms with E-state index in [1.807, 2.05) is 32.0 Å². The maximum Gasteiger partial charge on any atom is 0.270 e. The Morgan fingerprint density at radius 2 is 2.00 bits per heavy atom. The van der Waals surface area contributed by atoms with Crippen molar-refractivity contribution in [3.8, 4) is 0 Å². The Kier molecular flexibility index (Phi) is 3.83. The second-order valence-corrected chi connectivity index (χ2v) is 5.65. The molecule has 1 aliphatic heterocycles. The number of nitrogens with one attached hydrogen (secondary N) is 1. The normalized spacial score (nSPS) is 16.9.